The molecule has 0 radical (unpaired) electrons. The second kappa shape index (κ2) is 8.19. The molecule has 154 valence electrons. The van der Waals surface area contributed by atoms with E-state index in [0.29, 0.717) is 29.7 Å². The van der Waals surface area contributed by atoms with Crippen LogP contribution in [0.2, 0.25) is 0 Å². The molecule has 0 bridgehead atoms. The van der Waals surface area contributed by atoms with E-state index in [2.05, 4.69) is 5.32 Å². The van der Waals surface area contributed by atoms with E-state index < -0.39 is 28.9 Å². The van der Waals surface area contributed by atoms with Crippen molar-refractivity contribution in [3.63, 3.8) is 0 Å². The first-order valence-electron chi connectivity index (χ1n) is 9.37. The zero-order chi connectivity index (χ0) is 21.2. The summed E-state index contributed by atoms with van der Waals surface area (Å²) in [7, 11) is 2.72. The third-order valence-corrected chi connectivity index (χ3v) is 5.47. The molecule has 2 aromatic carbocycles. The monoisotopic (exact) mass is 403 g/mol. The fraction of sp³-hybridized carbons (Fsp3) is 0.364. The van der Waals surface area contributed by atoms with Crippen LogP contribution in [0.1, 0.15) is 52.0 Å². The lowest BCUT2D eigenvalue weighted by molar-refractivity contribution is 0.0769. The van der Waals surface area contributed by atoms with E-state index in [1.54, 1.807) is 25.1 Å². The van der Waals surface area contributed by atoms with Crippen molar-refractivity contribution in [3.8, 4) is 11.5 Å². The molecule has 2 aromatic rings. The van der Waals surface area contributed by atoms with Crippen LogP contribution < -0.4 is 14.8 Å². The Hall–Kier alpha value is -2.96. The molecule has 7 heteroatoms. The van der Waals surface area contributed by atoms with E-state index in [-0.39, 0.29) is 11.3 Å². The highest BCUT2D eigenvalue weighted by Gasteiger charge is 2.43. The molecule has 0 atom stereocenters. The molecular formula is C22H23F2NO4. The van der Waals surface area contributed by atoms with Gasteiger partial charge in [-0.05, 0) is 44.0 Å². The molecule has 0 aliphatic heterocycles. The van der Waals surface area contributed by atoms with Crippen LogP contribution in [0.4, 0.5) is 8.78 Å². The summed E-state index contributed by atoms with van der Waals surface area (Å²) < 4.78 is 37.8. The largest absolute Gasteiger partial charge is 0.496 e. The van der Waals surface area contributed by atoms with Crippen LogP contribution in [0.25, 0.3) is 0 Å². The molecule has 1 N–H and O–H groups in total. The Balaban J connectivity index is 1.96. The minimum absolute atomic E-state index is 0.0367. The Morgan fingerprint density at radius 2 is 1.69 bits per heavy atom. The molecular weight excluding hydrogens is 380 g/mol. The highest BCUT2D eigenvalue weighted by molar-refractivity contribution is 6.08. The van der Waals surface area contributed by atoms with Crippen molar-refractivity contribution in [1.82, 2.24) is 5.32 Å². The summed E-state index contributed by atoms with van der Waals surface area (Å²) in [6.07, 6.45) is 2.32. The van der Waals surface area contributed by atoms with Crippen molar-refractivity contribution in [1.29, 1.82) is 0 Å². The Morgan fingerprint density at radius 1 is 1.03 bits per heavy atom. The van der Waals surface area contributed by atoms with E-state index in [1.165, 1.54) is 20.3 Å². The second-order valence-electron chi connectivity index (χ2n) is 7.18. The number of carbonyl (C=O) groups excluding carboxylic acids is 2. The van der Waals surface area contributed by atoms with Gasteiger partial charge in [0.25, 0.3) is 5.91 Å². The van der Waals surface area contributed by atoms with Gasteiger partial charge >= 0.3 is 0 Å². The lowest BCUT2D eigenvalue weighted by atomic mass is 9.86. The van der Waals surface area contributed by atoms with E-state index >= 15 is 0 Å². The maximum atomic E-state index is 14.0. The number of Topliss-reactive ketones (excluding diaryl/α,β-unsaturated/α-hetero) is 1. The maximum Gasteiger partial charge on any atom is 0.252 e. The van der Waals surface area contributed by atoms with Gasteiger partial charge in [-0.1, -0.05) is 18.9 Å². The average molecular weight is 403 g/mol. The Morgan fingerprint density at radius 3 is 2.31 bits per heavy atom. The number of carbonyl (C=O) groups is 2. The van der Waals surface area contributed by atoms with E-state index in [9.17, 15) is 18.4 Å². The zero-order valence-corrected chi connectivity index (χ0v) is 16.6. The van der Waals surface area contributed by atoms with Crippen molar-refractivity contribution >= 4 is 11.7 Å². The predicted octanol–water partition coefficient (Wildman–Crippen LogP) is 4.22. The van der Waals surface area contributed by atoms with Crippen LogP contribution in [-0.4, -0.2) is 31.4 Å². The molecule has 5 nitrogen and oxygen atoms in total. The topological polar surface area (TPSA) is 64.6 Å². The summed E-state index contributed by atoms with van der Waals surface area (Å²) in [5.74, 6) is -2.98. The van der Waals surface area contributed by atoms with E-state index in [4.69, 9.17) is 9.47 Å². The Labute approximate surface area is 168 Å². The first-order chi connectivity index (χ1) is 13.8. The fourth-order valence-corrected chi connectivity index (χ4v) is 3.87. The first-order valence-corrected chi connectivity index (χ1v) is 9.37. The predicted molar refractivity (Wildman–Crippen MR) is 104 cm³/mol. The Bertz CT molecular complexity index is 952. The third kappa shape index (κ3) is 3.81. The molecule has 1 saturated carbocycles. The highest BCUT2D eigenvalue weighted by Crippen LogP contribution is 2.35. The van der Waals surface area contributed by atoms with Crippen LogP contribution in [0.3, 0.4) is 0 Å². The summed E-state index contributed by atoms with van der Waals surface area (Å²) in [4.78, 5) is 26.3. The Kier molecular flexibility index (Phi) is 5.86. The summed E-state index contributed by atoms with van der Waals surface area (Å²) in [6.45, 7) is 1.76. The van der Waals surface area contributed by atoms with Gasteiger partial charge in [0, 0.05) is 16.7 Å². The standard InChI is InChI=1S/C22H23F2NO4/c1-13-15(7-6-8-17(13)28-2)21(27)25-22(9-4-5-10-22)20(26)14-11-16(23)19(24)18(12-14)29-3/h6-8,11-12H,4-5,9-10H2,1-3H3,(H,25,27). The number of benzene rings is 2. The van der Waals surface area contributed by atoms with Gasteiger partial charge in [0.05, 0.1) is 14.2 Å². The van der Waals surface area contributed by atoms with Gasteiger partial charge in [-0.15, -0.1) is 0 Å². The number of amides is 1. The number of halogens is 2. The van der Waals surface area contributed by atoms with Crippen molar-refractivity contribution in [2.24, 2.45) is 0 Å². The molecule has 1 aliphatic rings. The quantitative estimate of drug-likeness (QED) is 0.734. The normalized spacial score (nSPS) is 15.1. The third-order valence-electron chi connectivity index (χ3n) is 5.47. The highest BCUT2D eigenvalue weighted by atomic mass is 19.2. The molecule has 0 heterocycles. The first kappa shape index (κ1) is 20.8. The van der Waals surface area contributed by atoms with Crippen LogP contribution in [0.5, 0.6) is 11.5 Å². The summed E-state index contributed by atoms with van der Waals surface area (Å²) in [5, 5.41) is 2.87. The van der Waals surface area contributed by atoms with Gasteiger partial charge in [-0.25, -0.2) is 4.39 Å². The van der Waals surface area contributed by atoms with Gasteiger partial charge in [0.1, 0.15) is 11.3 Å². The van der Waals surface area contributed by atoms with Crippen molar-refractivity contribution < 1.29 is 27.8 Å². The van der Waals surface area contributed by atoms with Crippen molar-refractivity contribution in [2.45, 2.75) is 38.1 Å². The molecule has 0 spiro atoms. The minimum Gasteiger partial charge on any atom is -0.496 e. The van der Waals surface area contributed by atoms with Crippen LogP contribution in [0, 0.1) is 18.6 Å². The lowest BCUT2D eigenvalue weighted by Crippen LogP contribution is -2.52. The average Bonchev–Trinajstić information content (AvgIpc) is 3.19. The molecule has 0 unspecified atom stereocenters. The molecule has 1 amide bonds. The number of ketones is 1. The zero-order valence-electron chi connectivity index (χ0n) is 16.6. The van der Waals surface area contributed by atoms with Crippen molar-refractivity contribution in [2.75, 3.05) is 14.2 Å². The number of hydrogen-bond donors (Lipinski definition) is 1. The SMILES string of the molecule is COc1cccc(C(=O)NC2(C(=O)c3cc(F)c(F)c(OC)c3)CCCC2)c1C. The second-order valence-corrected chi connectivity index (χ2v) is 7.18. The number of rotatable bonds is 6. The van der Waals surface area contributed by atoms with Crippen molar-refractivity contribution in [3.05, 3.63) is 58.7 Å². The molecule has 1 fully saturated rings. The summed E-state index contributed by atoms with van der Waals surface area (Å²) in [5.41, 5.74) is -0.166. The summed E-state index contributed by atoms with van der Waals surface area (Å²) in [6, 6.07) is 7.12. The van der Waals surface area contributed by atoms with Crippen LogP contribution >= 0.6 is 0 Å². The maximum absolute atomic E-state index is 14.0. The van der Waals surface area contributed by atoms with Crippen LogP contribution in [-0.2, 0) is 0 Å². The number of hydrogen-bond acceptors (Lipinski definition) is 4. The van der Waals surface area contributed by atoms with Gasteiger partial charge in [-0.3, -0.25) is 9.59 Å². The fourth-order valence-electron chi connectivity index (χ4n) is 3.87. The van der Waals surface area contributed by atoms with Gasteiger partial charge in [0.2, 0.25) is 5.82 Å². The van der Waals surface area contributed by atoms with E-state index in [1.807, 2.05) is 0 Å². The van der Waals surface area contributed by atoms with Gasteiger partial charge in [0.15, 0.2) is 17.3 Å². The number of ether oxygens (including phenoxy) is 2. The molecule has 29 heavy (non-hydrogen) atoms. The van der Waals surface area contributed by atoms with E-state index in [0.717, 1.165) is 18.9 Å². The van der Waals surface area contributed by atoms with Gasteiger partial charge in [-0.2, -0.15) is 4.39 Å². The lowest BCUT2D eigenvalue weighted by Gasteiger charge is -2.29. The molecule has 0 aromatic heterocycles. The number of nitrogens with one attached hydrogen (secondary N) is 1. The van der Waals surface area contributed by atoms with Gasteiger partial charge < -0.3 is 14.8 Å². The smallest absolute Gasteiger partial charge is 0.252 e. The number of methoxy groups -OCH3 is 2. The molecule has 1 aliphatic carbocycles. The molecule has 3 rings (SSSR count). The van der Waals surface area contributed by atoms with Crippen LogP contribution in [0.15, 0.2) is 30.3 Å². The molecule has 0 saturated heterocycles. The summed E-state index contributed by atoms with van der Waals surface area (Å²) >= 11 is 0. The minimum atomic E-state index is -1.18.